The third-order valence-electron chi connectivity index (χ3n) is 3.28. The lowest BCUT2D eigenvalue weighted by Gasteiger charge is -2.21. The molecule has 7 heteroatoms. The zero-order valence-electron chi connectivity index (χ0n) is 12.1. The number of aryl methyl sites for hydroxylation is 1. The zero-order valence-corrected chi connectivity index (χ0v) is 12.8. The molecule has 0 aromatic carbocycles. The van der Waals surface area contributed by atoms with Crippen molar-refractivity contribution in [2.24, 2.45) is 0 Å². The molecule has 0 aliphatic rings. The second-order valence-electron chi connectivity index (χ2n) is 4.95. The summed E-state index contributed by atoms with van der Waals surface area (Å²) in [5.74, 6) is 1.36. The Morgan fingerprint density at radius 1 is 1.24 bits per heavy atom. The molecule has 0 saturated heterocycles. The number of halogens is 1. The van der Waals surface area contributed by atoms with Crippen molar-refractivity contribution in [1.29, 1.82) is 0 Å². The first kappa shape index (κ1) is 13.8. The topological polar surface area (TPSA) is 59.2 Å². The van der Waals surface area contributed by atoms with Crippen molar-refractivity contribution in [3.05, 3.63) is 46.6 Å². The monoisotopic (exact) mass is 302 g/mol. The molecule has 0 aliphatic carbocycles. The second-order valence-corrected chi connectivity index (χ2v) is 5.31. The van der Waals surface area contributed by atoms with Crippen LogP contribution < -0.4 is 4.90 Å². The molecule has 3 rings (SSSR count). The Bertz CT molecular complexity index is 797. The lowest BCUT2D eigenvalue weighted by molar-refractivity contribution is 0.805. The Balaban J connectivity index is 2.03. The molecule has 3 heterocycles. The largest absolute Gasteiger partial charge is 0.353 e. The summed E-state index contributed by atoms with van der Waals surface area (Å²) in [6.45, 7) is 4.55. The summed E-state index contributed by atoms with van der Waals surface area (Å²) in [5.41, 5.74) is 2.85. The third kappa shape index (κ3) is 2.54. The summed E-state index contributed by atoms with van der Waals surface area (Å²) in [5, 5.41) is 4.66. The molecule has 0 atom stereocenters. The first-order chi connectivity index (χ1) is 10.1. The van der Waals surface area contributed by atoms with Gasteiger partial charge in [-0.2, -0.15) is 19.6 Å². The highest BCUT2D eigenvalue weighted by Gasteiger charge is 2.16. The predicted octanol–water partition coefficient (Wildman–Crippen LogP) is 2.43. The minimum atomic E-state index is 0.439. The van der Waals surface area contributed by atoms with E-state index in [4.69, 9.17) is 11.6 Å². The summed E-state index contributed by atoms with van der Waals surface area (Å²) in [7, 11) is 1.98. The van der Waals surface area contributed by atoms with Crippen LogP contribution in [-0.2, 0) is 6.54 Å². The van der Waals surface area contributed by atoms with Crippen molar-refractivity contribution in [2.45, 2.75) is 20.4 Å². The molecular formula is C14H15ClN6. The summed E-state index contributed by atoms with van der Waals surface area (Å²) in [6.07, 6.45) is 1.47. The molecule has 0 aliphatic heterocycles. The molecule has 0 amide bonds. The number of nitrogens with zero attached hydrogens (tertiary/aromatic N) is 6. The minimum absolute atomic E-state index is 0.439. The van der Waals surface area contributed by atoms with Crippen LogP contribution >= 0.6 is 11.6 Å². The van der Waals surface area contributed by atoms with E-state index in [0.717, 1.165) is 22.8 Å². The number of hydrogen-bond acceptors (Lipinski definition) is 5. The molecule has 3 aromatic heterocycles. The van der Waals surface area contributed by atoms with Gasteiger partial charge < -0.3 is 4.90 Å². The van der Waals surface area contributed by atoms with Gasteiger partial charge in [-0.1, -0.05) is 17.7 Å². The fourth-order valence-corrected chi connectivity index (χ4v) is 2.50. The van der Waals surface area contributed by atoms with E-state index in [2.05, 4.69) is 20.1 Å². The fourth-order valence-electron chi connectivity index (χ4n) is 2.34. The standard InChI is InChI=1S/C14H15ClN6/c1-9-5-4-6-11(18-9)7-20(3)13-10(2)12(15)19-14-16-8-17-21(13)14/h4-6,8H,7H2,1-3H3. The number of fused-ring (bicyclic) bond motifs is 1. The van der Waals surface area contributed by atoms with Crippen LogP contribution in [0, 0.1) is 13.8 Å². The lowest BCUT2D eigenvalue weighted by Crippen LogP contribution is -2.22. The average Bonchev–Trinajstić information content (AvgIpc) is 2.87. The van der Waals surface area contributed by atoms with Crippen molar-refractivity contribution in [3.8, 4) is 0 Å². The molecule has 0 saturated carbocycles. The van der Waals surface area contributed by atoms with Gasteiger partial charge in [-0.3, -0.25) is 4.98 Å². The molecule has 0 spiro atoms. The second kappa shape index (κ2) is 5.29. The third-order valence-corrected chi connectivity index (χ3v) is 3.65. The van der Waals surface area contributed by atoms with E-state index in [1.165, 1.54) is 6.33 Å². The fraction of sp³-hybridized carbons (Fsp3) is 0.286. The Hall–Kier alpha value is -2.21. The molecule has 0 bridgehead atoms. The Kier molecular flexibility index (Phi) is 3.47. The summed E-state index contributed by atoms with van der Waals surface area (Å²) >= 11 is 6.19. The summed E-state index contributed by atoms with van der Waals surface area (Å²) < 4.78 is 1.69. The van der Waals surface area contributed by atoms with Crippen molar-refractivity contribution >= 4 is 23.2 Å². The zero-order chi connectivity index (χ0) is 15.0. The Morgan fingerprint density at radius 3 is 2.81 bits per heavy atom. The highest BCUT2D eigenvalue weighted by atomic mass is 35.5. The Labute approximate surface area is 127 Å². The molecule has 21 heavy (non-hydrogen) atoms. The number of aromatic nitrogens is 5. The molecular weight excluding hydrogens is 288 g/mol. The van der Waals surface area contributed by atoms with Gasteiger partial charge in [0, 0.05) is 18.3 Å². The first-order valence-corrected chi connectivity index (χ1v) is 6.93. The van der Waals surface area contributed by atoms with E-state index in [1.807, 2.05) is 44.0 Å². The van der Waals surface area contributed by atoms with Gasteiger partial charge in [0.1, 0.15) is 17.3 Å². The SMILES string of the molecule is Cc1cccc(CN(C)c2c(C)c(Cl)nc3ncnn23)n1. The molecule has 6 nitrogen and oxygen atoms in total. The van der Waals surface area contributed by atoms with E-state index in [1.54, 1.807) is 4.52 Å². The highest BCUT2D eigenvalue weighted by Crippen LogP contribution is 2.25. The van der Waals surface area contributed by atoms with Gasteiger partial charge in [0.2, 0.25) is 0 Å². The van der Waals surface area contributed by atoms with E-state index < -0.39 is 0 Å². The predicted molar refractivity (Wildman–Crippen MR) is 81.6 cm³/mol. The van der Waals surface area contributed by atoms with Crippen molar-refractivity contribution in [3.63, 3.8) is 0 Å². The van der Waals surface area contributed by atoms with Gasteiger partial charge >= 0.3 is 0 Å². The van der Waals surface area contributed by atoms with Crippen LogP contribution in [0.2, 0.25) is 5.15 Å². The number of hydrogen-bond donors (Lipinski definition) is 0. The number of pyridine rings is 1. The maximum absolute atomic E-state index is 6.19. The van der Waals surface area contributed by atoms with E-state index >= 15 is 0 Å². The molecule has 0 radical (unpaired) electrons. The maximum atomic E-state index is 6.19. The molecule has 3 aromatic rings. The van der Waals surface area contributed by atoms with Gasteiger partial charge in [0.15, 0.2) is 0 Å². The van der Waals surface area contributed by atoms with Crippen LogP contribution in [0.3, 0.4) is 0 Å². The van der Waals surface area contributed by atoms with Gasteiger partial charge in [0.05, 0.1) is 12.2 Å². The normalized spacial score (nSPS) is 11.0. The smallest absolute Gasteiger partial charge is 0.255 e. The van der Waals surface area contributed by atoms with E-state index in [-0.39, 0.29) is 0 Å². The minimum Gasteiger partial charge on any atom is -0.353 e. The average molecular weight is 303 g/mol. The number of rotatable bonds is 3. The van der Waals surface area contributed by atoms with Gasteiger partial charge in [-0.05, 0) is 26.0 Å². The van der Waals surface area contributed by atoms with Crippen LogP contribution in [0.5, 0.6) is 0 Å². The lowest BCUT2D eigenvalue weighted by atomic mass is 10.2. The van der Waals surface area contributed by atoms with E-state index in [0.29, 0.717) is 17.5 Å². The highest BCUT2D eigenvalue weighted by molar-refractivity contribution is 6.30. The van der Waals surface area contributed by atoms with Crippen LogP contribution in [0.15, 0.2) is 24.5 Å². The van der Waals surface area contributed by atoms with Crippen LogP contribution in [0.1, 0.15) is 17.0 Å². The maximum Gasteiger partial charge on any atom is 0.255 e. The van der Waals surface area contributed by atoms with Crippen LogP contribution in [-0.4, -0.2) is 31.6 Å². The van der Waals surface area contributed by atoms with Crippen LogP contribution in [0.4, 0.5) is 5.82 Å². The molecule has 0 N–H and O–H groups in total. The molecule has 0 unspecified atom stereocenters. The van der Waals surface area contributed by atoms with Gasteiger partial charge in [0.25, 0.3) is 5.78 Å². The van der Waals surface area contributed by atoms with Crippen molar-refractivity contribution in [1.82, 2.24) is 24.6 Å². The molecule has 108 valence electrons. The summed E-state index contributed by atoms with van der Waals surface area (Å²) in [6, 6.07) is 5.98. The number of anilines is 1. The summed E-state index contributed by atoms with van der Waals surface area (Å²) in [4.78, 5) is 14.9. The Morgan fingerprint density at radius 2 is 2.05 bits per heavy atom. The van der Waals surface area contributed by atoms with Gasteiger partial charge in [-0.25, -0.2) is 0 Å². The van der Waals surface area contributed by atoms with Gasteiger partial charge in [-0.15, -0.1) is 0 Å². The van der Waals surface area contributed by atoms with Crippen molar-refractivity contribution in [2.75, 3.05) is 11.9 Å². The molecule has 0 fully saturated rings. The first-order valence-electron chi connectivity index (χ1n) is 6.56. The van der Waals surface area contributed by atoms with E-state index in [9.17, 15) is 0 Å². The van der Waals surface area contributed by atoms with Crippen molar-refractivity contribution < 1.29 is 0 Å². The van der Waals surface area contributed by atoms with Crippen LogP contribution in [0.25, 0.3) is 5.78 Å². The quantitative estimate of drug-likeness (QED) is 0.695.